The minimum absolute atomic E-state index is 0.637. The molecule has 0 saturated heterocycles. The summed E-state index contributed by atoms with van der Waals surface area (Å²) in [5.41, 5.74) is 5.35. The second-order valence-electron chi connectivity index (χ2n) is 2.02. The van der Waals surface area contributed by atoms with Crippen LogP contribution in [0.2, 0.25) is 0 Å². The Kier molecular flexibility index (Phi) is 6.01. The summed E-state index contributed by atoms with van der Waals surface area (Å²) in [6.07, 6.45) is 1.62. The summed E-state index contributed by atoms with van der Waals surface area (Å²) < 4.78 is 15.4. The van der Waals surface area contributed by atoms with Gasteiger partial charge in [0.1, 0.15) is 6.16 Å². The molecule has 0 unspecified atom stereocenters. The number of hydrogen-bond acceptors (Lipinski definition) is 4. The highest BCUT2D eigenvalue weighted by molar-refractivity contribution is 7.61. The average Bonchev–Trinajstić information content (AvgIpc) is 2.08. The Bertz CT molecular complexity index is 89.6. The van der Waals surface area contributed by atoms with Gasteiger partial charge < -0.3 is 5.73 Å². The number of rotatable bonds is 6. The Morgan fingerprint density at radius 1 is 1.09 bits per heavy atom. The van der Waals surface area contributed by atoms with Crippen molar-refractivity contribution in [1.29, 1.82) is 0 Å². The van der Waals surface area contributed by atoms with Crippen LogP contribution in [0.1, 0.15) is 6.42 Å². The topological polar surface area (TPSA) is 53.7 Å². The van der Waals surface area contributed by atoms with Gasteiger partial charge in [-0.3, -0.25) is 0 Å². The maximum Gasteiger partial charge on any atom is 0.410 e. The summed E-state index contributed by atoms with van der Waals surface area (Å²) in [4.78, 5) is 0. The van der Waals surface area contributed by atoms with E-state index in [2.05, 4.69) is 0 Å². The van der Waals surface area contributed by atoms with Crippen molar-refractivity contribution in [2.24, 2.45) is 5.73 Å². The van der Waals surface area contributed by atoms with Crippen LogP contribution in [-0.2, 0) is 13.6 Å². The van der Waals surface area contributed by atoms with Gasteiger partial charge >= 0.3 is 7.94 Å². The predicted molar refractivity (Wildman–Crippen MR) is 46.5 cm³/mol. The SMILES string of the molecule is CO[P+](CCCN)(OC)OC. The van der Waals surface area contributed by atoms with E-state index in [0.29, 0.717) is 6.54 Å². The zero-order valence-corrected chi connectivity index (χ0v) is 8.27. The van der Waals surface area contributed by atoms with Gasteiger partial charge in [0.05, 0.1) is 21.3 Å². The summed E-state index contributed by atoms with van der Waals surface area (Å²) in [5, 5.41) is 0. The fraction of sp³-hybridized carbons (Fsp3) is 1.00. The van der Waals surface area contributed by atoms with Gasteiger partial charge in [0.15, 0.2) is 0 Å². The summed E-state index contributed by atoms with van der Waals surface area (Å²) in [6, 6.07) is 0. The Hall–Kier alpha value is 0.270. The Labute approximate surface area is 68.6 Å². The molecule has 0 aromatic rings. The van der Waals surface area contributed by atoms with E-state index >= 15 is 0 Å². The lowest BCUT2D eigenvalue weighted by atomic mass is 10.5. The third kappa shape index (κ3) is 3.45. The van der Waals surface area contributed by atoms with Crippen molar-refractivity contribution in [1.82, 2.24) is 0 Å². The fourth-order valence-corrected chi connectivity index (χ4v) is 2.35. The normalized spacial score (nSPS) is 12.0. The van der Waals surface area contributed by atoms with E-state index in [9.17, 15) is 0 Å². The Balaban J connectivity index is 3.84. The van der Waals surface area contributed by atoms with E-state index in [1.165, 1.54) is 0 Å². The number of hydrogen-bond donors (Lipinski definition) is 1. The Morgan fingerprint density at radius 2 is 1.55 bits per heavy atom. The molecule has 4 nitrogen and oxygen atoms in total. The number of nitrogens with two attached hydrogens (primary N) is 1. The van der Waals surface area contributed by atoms with E-state index in [1.807, 2.05) is 0 Å². The molecule has 68 valence electrons. The Morgan fingerprint density at radius 3 is 1.82 bits per heavy atom. The standard InChI is InChI=1S/C6H17NO3P/c1-8-11(9-2,10-3)6-4-5-7/h4-7H2,1-3H3/q+1. The zero-order chi connectivity index (χ0) is 8.74. The highest BCUT2D eigenvalue weighted by atomic mass is 31.2. The molecule has 0 rings (SSSR count). The van der Waals surface area contributed by atoms with Crippen LogP contribution in [0.15, 0.2) is 0 Å². The molecule has 0 aromatic carbocycles. The van der Waals surface area contributed by atoms with Crippen LogP contribution in [0, 0.1) is 0 Å². The molecule has 0 aliphatic rings. The minimum atomic E-state index is -2.04. The molecular formula is C6H17NO3P+. The smallest absolute Gasteiger partial charge is 0.330 e. The summed E-state index contributed by atoms with van der Waals surface area (Å²) in [7, 11) is 2.75. The van der Waals surface area contributed by atoms with Gasteiger partial charge in [0.25, 0.3) is 0 Å². The van der Waals surface area contributed by atoms with Crippen molar-refractivity contribution in [2.45, 2.75) is 6.42 Å². The first-order chi connectivity index (χ1) is 5.24. The molecule has 0 aromatic heterocycles. The quantitative estimate of drug-likeness (QED) is 0.623. The molecule has 11 heavy (non-hydrogen) atoms. The molecule has 0 spiro atoms. The van der Waals surface area contributed by atoms with Crippen molar-refractivity contribution in [3.63, 3.8) is 0 Å². The van der Waals surface area contributed by atoms with Crippen molar-refractivity contribution in [3.05, 3.63) is 0 Å². The van der Waals surface area contributed by atoms with Crippen LogP contribution >= 0.6 is 7.94 Å². The van der Waals surface area contributed by atoms with Crippen LogP contribution < -0.4 is 5.73 Å². The van der Waals surface area contributed by atoms with Crippen molar-refractivity contribution in [2.75, 3.05) is 34.0 Å². The van der Waals surface area contributed by atoms with Crippen LogP contribution in [0.3, 0.4) is 0 Å². The average molecular weight is 182 g/mol. The van der Waals surface area contributed by atoms with Gasteiger partial charge in [-0.15, -0.1) is 0 Å². The molecule has 0 aliphatic carbocycles. The van der Waals surface area contributed by atoms with E-state index in [1.54, 1.807) is 21.3 Å². The van der Waals surface area contributed by atoms with Crippen LogP contribution in [0.25, 0.3) is 0 Å². The van der Waals surface area contributed by atoms with Crippen LogP contribution in [-0.4, -0.2) is 34.0 Å². The van der Waals surface area contributed by atoms with E-state index in [4.69, 9.17) is 19.3 Å². The van der Waals surface area contributed by atoms with E-state index in [0.717, 1.165) is 12.6 Å². The molecule has 0 fully saturated rings. The monoisotopic (exact) mass is 182 g/mol. The molecule has 0 bridgehead atoms. The summed E-state index contributed by atoms with van der Waals surface area (Å²) in [5.74, 6) is 0. The third-order valence-corrected chi connectivity index (χ3v) is 4.00. The zero-order valence-electron chi connectivity index (χ0n) is 7.37. The predicted octanol–water partition coefficient (Wildman–Crippen LogP) is 1.04. The lowest BCUT2D eigenvalue weighted by Gasteiger charge is -2.16. The molecule has 2 N–H and O–H groups in total. The molecule has 0 saturated carbocycles. The maximum absolute atomic E-state index is 5.35. The van der Waals surface area contributed by atoms with Gasteiger partial charge in [-0.05, 0) is 6.54 Å². The molecule has 0 heterocycles. The van der Waals surface area contributed by atoms with Crippen molar-refractivity contribution in [3.8, 4) is 0 Å². The third-order valence-electron chi connectivity index (χ3n) is 1.47. The second-order valence-corrected chi connectivity index (χ2v) is 4.79. The van der Waals surface area contributed by atoms with E-state index < -0.39 is 7.94 Å². The highest BCUT2D eigenvalue weighted by Gasteiger charge is 2.40. The van der Waals surface area contributed by atoms with Gasteiger partial charge in [-0.1, -0.05) is 0 Å². The first-order valence-electron chi connectivity index (χ1n) is 3.50. The molecule has 0 aliphatic heterocycles. The highest BCUT2D eigenvalue weighted by Crippen LogP contribution is 2.60. The molecule has 0 atom stereocenters. The molecule has 0 amide bonds. The van der Waals surface area contributed by atoms with Gasteiger partial charge in [-0.25, -0.2) is 0 Å². The van der Waals surface area contributed by atoms with Gasteiger partial charge in [0.2, 0.25) is 0 Å². The maximum atomic E-state index is 5.35. The minimum Gasteiger partial charge on any atom is -0.330 e. The van der Waals surface area contributed by atoms with E-state index in [-0.39, 0.29) is 0 Å². The van der Waals surface area contributed by atoms with Crippen molar-refractivity contribution < 1.29 is 13.6 Å². The molecule has 5 heteroatoms. The van der Waals surface area contributed by atoms with Crippen LogP contribution in [0.5, 0.6) is 0 Å². The van der Waals surface area contributed by atoms with Gasteiger partial charge in [-0.2, -0.15) is 13.6 Å². The molecular weight excluding hydrogens is 165 g/mol. The van der Waals surface area contributed by atoms with Crippen molar-refractivity contribution >= 4 is 7.94 Å². The van der Waals surface area contributed by atoms with Gasteiger partial charge in [0, 0.05) is 6.42 Å². The lowest BCUT2D eigenvalue weighted by Crippen LogP contribution is -2.09. The molecule has 0 radical (unpaired) electrons. The fourth-order valence-electron chi connectivity index (χ4n) is 0.782. The lowest BCUT2D eigenvalue weighted by molar-refractivity contribution is 0.210. The summed E-state index contributed by atoms with van der Waals surface area (Å²) in [6.45, 7) is 0.637. The second kappa shape index (κ2) is 5.86. The largest absolute Gasteiger partial charge is 0.410 e. The van der Waals surface area contributed by atoms with Crippen LogP contribution in [0.4, 0.5) is 0 Å². The summed E-state index contributed by atoms with van der Waals surface area (Å²) >= 11 is 0. The first kappa shape index (κ1) is 11.3. The first-order valence-corrected chi connectivity index (χ1v) is 5.22.